The van der Waals surface area contributed by atoms with Crippen LogP contribution in [0.5, 0.6) is 0 Å². The van der Waals surface area contributed by atoms with E-state index in [0.29, 0.717) is 13.0 Å². The lowest BCUT2D eigenvalue weighted by molar-refractivity contribution is -0.145. The molecular weight excluding hydrogens is 284 g/mol. The van der Waals surface area contributed by atoms with Crippen LogP contribution in [-0.4, -0.2) is 5.97 Å². The molecule has 1 atom stereocenters. The van der Waals surface area contributed by atoms with Crippen LogP contribution in [0, 0.1) is 0 Å². The third-order valence-corrected chi connectivity index (χ3v) is 4.06. The van der Waals surface area contributed by atoms with Crippen LogP contribution in [0.4, 0.5) is 0 Å². The first-order chi connectivity index (χ1) is 11.2. The Morgan fingerprint density at radius 1 is 0.913 bits per heavy atom. The lowest BCUT2D eigenvalue weighted by Crippen LogP contribution is -2.08. The molecular formula is C21H20O2. The van der Waals surface area contributed by atoms with Gasteiger partial charge in [-0.2, -0.15) is 0 Å². The fourth-order valence-electron chi connectivity index (χ4n) is 2.68. The second kappa shape index (κ2) is 7.10. The van der Waals surface area contributed by atoms with Gasteiger partial charge in [-0.1, -0.05) is 79.7 Å². The predicted molar refractivity (Wildman–Crippen MR) is 93.2 cm³/mol. The minimum absolute atomic E-state index is 0.142. The van der Waals surface area contributed by atoms with E-state index in [1.807, 2.05) is 42.5 Å². The summed E-state index contributed by atoms with van der Waals surface area (Å²) in [4.78, 5) is 12.0. The molecule has 3 aromatic rings. The van der Waals surface area contributed by atoms with E-state index in [1.165, 1.54) is 16.3 Å². The highest BCUT2D eigenvalue weighted by Crippen LogP contribution is 2.24. The summed E-state index contributed by atoms with van der Waals surface area (Å²) in [5, 5.41) is 2.42. The Bertz CT molecular complexity index is 793. The van der Waals surface area contributed by atoms with Crippen molar-refractivity contribution in [3.8, 4) is 0 Å². The minimum atomic E-state index is -0.158. The molecule has 0 N–H and O–H groups in total. The number of hydrogen-bond donors (Lipinski definition) is 0. The van der Waals surface area contributed by atoms with Crippen molar-refractivity contribution in [1.82, 2.24) is 0 Å². The molecule has 3 rings (SSSR count). The molecule has 0 heterocycles. The minimum Gasteiger partial charge on any atom is -0.461 e. The van der Waals surface area contributed by atoms with Crippen molar-refractivity contribution >= 4 is 16.7 Å². The summed E-state index contributed by atoms with van der Waals surface area (Å²) in [6.45, 7) is 2.40. The summed E-state index contributed by atoms with van der Waals surface area (Å²) >= 11 is 0. The Balaban J connectivity index is 1.61. The van der Waals surface area contributed by atoms with Crippen molar-refractivity contribution in [2.24, 2.45) is 0 Å². The first kappa shape index (κ1) is 15.3. The third-order valence-electron chi connectivity index (χ3n) is 4.06. The molecule has 0 bridgehead atoms. The molecule has 0 spiro atoms. The second-order valence-electron chi connectivity index (χ2n) is 5.86. The monoisotopic (exact) mass is 304 g/mol. The average Bonchev–Trinajstić information content (AvgIpc) is 2.60. The van der Waals surface area contributed by atoms with Crippen LogP contribution < -0.4 is 0 Å². The summed E-state index contributed by atoms with van der Waals surface area (Å²) in [5.74, 6) is -0.0163. The van der Waals surface area contributed by atoms with E-state index in [1.54, 1.807) is 0 Å². The summed E-state index contributed by atoms with van der Waals surface area (Å²) in [6.07, 6.45) is 0.394. The van der Waals surface area contributed by atoms with Crippen molar-refractivity contribution < 1.29 is 9.53 Å². The normalized spacial score (nSPS) is 12.0. The molecule has 0 aromatic heterocycles. The molecule has 0 fully saturated rings. The van der Waals surface area contributed by atoms with Crippen molar-refractivity contribution in [2.75, 3.05) is 0 Å². The van der Waals surface area contributed by atoms with Gasteiger partial charge in [-0.05, 0) is 27.8 Å². The van der Waals surface area contributed by atoms with Crippen molar-refractivity contribution in [3.63, 3.8) is 0 Å². The molecule has 3 aromatic carbocycles. The number of benzene rings is 3. The van der Waals surface area contributed by atoms with Gasteiger partial charge in [-0.25, -0.2) is 0 Å². The van der Waals surface area contributed by atoms with E-state index < -0.39 is 0 Å². The van der Waals surface area contributed by atoms with E-state index in [0.717, 1.165) is 5.56 Å². The number of ether oxygens (including phenoxy) is 1. The highest BCUT2D eigenvalue weighted by atomic mass is 16.5. The van der Waals surface area contributed by atoms with Gasteiger partial charge in [0.25, 0.3) is 0 Å². The molecule has 2 nitrogen and oxygen atoms in total. The standard InChI is InChI=1S/C21H20O2/c1-16(13-21(22)23-15-17-7-3-2-4-8-17)19-12-11-18-9-5-6-10-20(18)14-19/h2-12,14,16H,13,15H2,1H3. The number of carbonyl (C=O) groups excluding carboxylic acids is 1. The molecule has 0 saturated carbocycles. The zero-order valence-electron chi connectivity index (χ0n) is 13.2. The first-order valence-electron chi connectivity index (χ1n) is 7.90. The Labute approximate surface area is 136 Å². The number of hydrogen-bond acceptors (Lipinski definition) is 2. The topological polar surface area (TPSA) is 26.3 Å². The van der Waals surface area contributed by atoms with E-state index in [2.05, 4.69) is 37.3 Å². The van der Waals surface area contributed by atoms with E-state index in [4.69, 9.17) is 4.74 Å². The van der Waals surface area contributed by atoms with Crippen molar-refractivity contribution in [2.45, 2.75) is 25.9 Å². The fourth-order valence-corrected chi connectivity index (χ4v) is 2.68. The van der Waals surface area contributed by atoms with Crippen LogP contribution in [0.25, 0.3) is 10.8 Å². The predicted octanol–water partition coefficient (Wildman–Crippen LogP) is 5.08. The fraction of sp³-hybridized carbons (Fsp3) is 0.190. The Kier molecular flexibility index (Phi) is 4.72. The van der Waals surface area contributed by atoms with E-state index in [-0.39, 0.29) is 11.9 Å². The second-order valence-corrected chi connectivity index (χ2v) is 5.86. The van der Waals surface area contributed by atoms with Crippen LogP contribution >= 0.6 is 0 Å². The summed E-state index contributed by atoms with van der Waals surface area (Å²) < 4.78 is 5.37. The maximum Gasteiger partial charge on any atom is 0.306 e. The van der Waals surface area contributed by atoms with Crippen LogP contribution in [-0.2, 0) is 16.1 Å². The number of carbonyl (C=O) groups is 1. The third kappa shape index (κ3) is 3.98. The largest absolute Gasteiger partial charge is 0.461 e. The van der Waals surface area contributed by atoms with E-state index >= 15 is 0 Å². The SMILES string of the molecule is CC(CC(=O)OCc1ccccc1)c1ccc2ccccc2c1. The zero-order valence-corrected chi connectivity index (χ0v) is 13.2. The highest BCUT2D eigenvalue weighted by Gasteiger charge is 2.13. The Morgan fingerprint density at radius 3 is 2.39 bits per heavy atom. The van der Waals surface area contributed by atoms with Gasteiger partial charge in [0, 0.05) is 0 Å². The molecule has 0 aliphatic carbocycles. The Morgan fingerprint density at radius 2 is 1.61 bits per heavy atom. The number of rotatable bonds is 5. The smallest absolute Gasteiger partial charge is 0.306 e. The molecule has 0 saturated heterocycles. The van der Waals surface area contributed by atoms with Crippen LogP contribution in [0.3, 0.4) is 0 Å². The summed E-state index contributed by atoms with van der Waals surface area (Å²) in [7, 11) is 0. The van der Waals surface area contributed by atoms with Crippen LogP contribution in [0.1, 0.15) is 30.4 Å². The first-order valence-corrected chi connectivity index (χ1v) is 7.90. The van der Waals surface area contributed by atoms with Gasteiger partial charge >= 0.3 is 5.97 Å². The van der Waals surface area contributed by atoms with Crippen molar-refractivity contribution in [3.05, 3.63) is 83.9 Å². The molecule has 1 unspecified atom stereocenters. The molecule has 0 radical (unpaired) electrons. The van der Waals surface area contributed by atoms with Crippen LogP contribution in [0.2, 0.25) is 0 Å². The molecule has 0 aliphatic heterocycles. The highest BCUT2D eigenvalue weighted by molar-refractivity contribution is 5.83. The lowest BCUT2D eigenvalue weighted by Gasteiger charge is -2.12. The van der Waals surface area contributed by atoms with Gasteiger partial charge in [0.2, 0.25) is 0 Å². The van der Waals surface area contributed by atoms with Gasteiger partial charge in [-0.3, -0.25) is 4.79 Å². The van der Waals surface area contributed by atoms with Gasteiger partial charge in [0.15, 0.2) is 0 Å². The van der Waals surface area contributed by atoms with Crippen molar-refractivity contribution in [1.29, 1.82) is 0 Å². The summed E-state index contributed by atoms with van der Waals surface area (Å²) in [5.41, 5.74) is 2.18. The number of esters is 1. The zero-order chi connectivity index (χ0) is 16.1. The Hall–Kier alpha value is -2.61. The quantitative estimate of drug-likeness (QED) is 0.615. The van der Waals surface area contributed by atoms with E-state index in [9.17, 15) is 4.79 Å². The molecule has 0 amide bonds. The van der Waals surface area contributed by atoms with Crippen LogP contribution in [0.15, 0.2) is 72.8 Å². The maximum absolute atomic E-state index is 12.0. The lowest BCUT2D eigenvalue weighted by atomic mass is 9.95. The van der Waals surface area contributed by atoms with Gasteiger partial charge in [0.05, 0.1) is 6.42 Å². The maximum atomic E-state index is 12.0. The average molecular weight is 304 g/mol. The molecule has 116 valence electrons. The molecule has 2 heteroatoms. The number of fused-ring (bicyclic) bond motifs is 1. The van der Waals surface area contributed by atoms with Gasteiger partial charge < -0.3 is 4.74 Å². The summed E-state index contributed by atoms with van der Waals surface area (Å²) in [6, 6.07) is 24.4. The molecule has 0 aliphatic rings. The van der Waals surface area contributed by atoms with Gasteiger partial charge in [-0.15, -0.1) is 0 Å². The van der Waals surface area contributed by atoms with Gasteiger partial charge in [0.1, 0.15) is 6.61 Å². The molecule has 23 heavy (non-hydrogen) atoms.